The Morgan fingerprint density at radius 3 is 2.68 bits per heavy atom. The highest BCUT2D eigenvalue weighted by molar-refractivity contribution is 7.10. The molecule has 1 amide bonds. The molecular formula is C14H15NO3S. The maximum absolute atomic E-state index is 11.6. The number of hydrogen-bond donors (Lipinski definition) is 2. The van der Waals surface area contributed by atoms with Crippen LogP contribution in [0.5, 0.6) is 0 Å². The predicted molar refractivity (Wildman–Crippen MR) is 74.2 cm³/mol. The summed E-state index contributed by atoms with van der Waals surface area (Å²) in [4.78, 5) is 12.7. The van der Waals surface area contributed by atoms with Gasteiger partial charge in [0.25, 0.3) is 0 Å². The zero-order valence-corrected chi connectivity index (χ0v) is 11.1. The topological polar surface area (TPSA) is 58.6 Å². The fourth-order valence-corrected chi connectivity index (χ4v) is 2.52. The molecule has 0 aliphatic carbocycles. The number of benzene rings is 1. The first-order valence-electron chi connectivity index (χ1n) is 5.94. The van der Waals surface area contributed by atoms with Gasteiger partial charge in [-0.2, -0.15) is 0 Å². The second-order valence-corrected chi connectivity index (χ2v) is 4.84. The molecule has 1 heterocycles. The third kappa shape index (κ3) is 3.81. The third-order valence-electron chi connectivity index (χ3n) is 2.55. The molecule has 19 heavy (non-hydrogen) atoms. The SMILES string of the molecule is O=C(NC(c1ccccc1)c1cccs1)OCCO. The van der Waals surface area contributed by atoms with Crippen LogP contribution in [0, 0.1) is 0 Å². The van der Waals surface area contributed by atoms with Gasteiger partial charge in [0, 0.05) is 4.88 Å². The highest BCUT2D eigenvalue weighted by atomic mass is 32.1. The Balaban J connectivity index is 2.14. The minimum atomic E-state index is -0.531. The van der Waals surface area contributed by atoms with Crippen molar-refractivity contribution in [2.75, 3.05) is 13.2 Å². The molecule has 1 atom stereocenters. The number of amides is 1. The Bertz CT molecular complexity index is 499. The molecule has 100 valence electrons. The average molecular weight is 277 g/mol. The summed E-state index contributed by atoms with van der Waals surface area (Å²) in [5.41, 5.74) is 0.992. The van der Waals surface area contributed by atoms with E-state index in [1.54, 1.807) is 11.3 Å². The maximum Gasteiger partial charge on any atom is 0.407 e. The molecule has 0 fully saturated rings. The Labute approximate surface area is 115 Å². The lowest BCUT2D eigenvalue weighted by molar-refractivity contribution is 0.117. The molecule has 0 saturated carbocycles. The summed E-state index contributed by atoms with van der Waals surface area (Å²) in [5.74, 6) is 0. The first kappa shape index (κ1) is 13.6. The molecule has 2 N–H and O–H groups in total. The molecule has 4 nitrogen and oxygen atoms in total. The van der Waals surface area contributed by atoms with E-state index >= 15 is 0 Å². The van der Waals surface area contributed by atoms with Crippen LogP contribution in [-0.4, -0.2) is 24.4 Å². The van der Waals surface area contributed by atoms with Gasteiger partial charge in [-0.1, -0.05) is 36.4 Å². The van der Waals surface area contributed by atoms with Crippen molar-refractivity contribution in [3.63, 3.8) is 0 Å². The average Bonchev–Trinajstić information content (AvgIpc) is 2.97. The lowest BCUT2D eigenvalue weighted by Crippen LogP contribution is -2.30. The summed E-state index contributed by atoms with van der Waals surface area (Å²) in [7, 11) is 0. The van der Waals surface area contributed by atoms with Crippen LogP contribution < -0.4 is 5.32 Å². The number of carbonyl (C=O) groups excluding carboxylic acids is 1. The van der Waals surface area contributed by atoms with E-state index in [1.807, 2.05) is 47.8 Å². The second kappa shape index (κ2) is 6.92. The van der Waals surface area contributed by atoms with Gasteiger partial charge in [0.15, 0.2) is 0 Å². The van der Waals surface area contributed by atoms with Crippen LogP contribution >= 0.6 is 11.3 Å². The molecule has 1 aromatic carbocycles. The maximum atomic E-state index is 11.6. The molecule has 0 aliphatic heterocycles. The van der Waals surface area contributed by atoms with Gasteiger partial charge in [0.1, 0.15) is 6.61 Å². The van der Waals surface area contributed by atoms with Crippen LogP contribution in [0.4, 0.5) is 4.79 Å². The molecule has 0 aliphatic rings. The number of nitrogens with one attached hydrogen (secondary N) is 1. The molecule has 0 radical (unpaired) electrons. The van der Waals surface area contributed by atoms with E-state index in [0.717, 1.165) is 10.4 Å². The number of hydrogen-bond acceptors (Lipinski definition) is 4. The van der Waals surface area contributed by atoms with E-state index in [4.69, 9.17) is 9.84 Å². The highest BCUT2D eigenvalue weighted by Gasteiger charge is 2.18. The summed E-state index contributed by atoms with van der Waals surface area (Å²) in [6.45, 7) is -0.180. The number of aliphatic hydroxyl groups excluding tert-OH is 1. The van der Waals surface area contributed by atoms with Gasteiger partial charge in [0.05, 0.1) is 12.6 Å². The number of rotatable bonds is 5. The smallest absolute Gasteiger partial charge is 0.407 e. The molecule has 0 bridgehead atoms. The van der Waals surface area contributed by atoms with Gasteiger partial charge in [-0.15, -0.1) is 11.3 Å². The van der Waals surface area contributed by atoms with Crippen LogP contribution in [0.15, 0.2) is 47.8 Å². The van der Waals surface area contributed by atoms with E-state index in [2.05, 4.69) is 5.32 Å². The van der Waals surface area contributed by atoms with Gasteiger partial charge >= 0.3 is 6.09 Å². The zero-order chi connectivity index (χ0) is 13.5. The number of ether oxygens (including phenoxy) is 1. The van der Waals surface area contributed by atoms with E-state index in [-0.39, 0.29) is 19.3 Å². The molecule has 1 aromatic heterocycles. The van der Waals surface area contributed by atoms with Crippen LogP contribution in [0.3, 0.4) is 0 Å². The predicted octanol–water partition coefficient (Wildman–Crippen LogP) is 2.56. The molecule has 0 saturated heterocycles. The van der Waals surface area contributed by atoms with Crippen molar-refractivity contribution in [1.82, 2.24) is 5.32 Å². The van der Waals surface area contributed by atoms with Crippen molar-refractivity contribution < 1.29 is 14.6 Å². The standard InChI is InChI=1S/C14H15NO3S/c16-8-9-18-14(17)15-13(12-7-4-10-19-12)11-5-2-1-3-6-11/h1-7,10,13,16H,8-9H2,(H,15,17). The first-order valence-corrected chi connectivity index (χ1v) is 6.81. The molecular weight excluding hydrogens is 262 g/mol. The van der Waals surface area contributed by atoms with Crippen molar-refractivity contribution in [3.05, 3.63) is 58.3 Å². The number of alkyl carbamates (subject to hydrolysis) is 1. The van der Waals surface area contributed by atoms with Gasteiger partial charge in [-0.05, 0) is 17.0 Å². The Kier molecular flexibility index (Phi) is 4.94. The lowest BCUT2D eigenvalue weighted by Gasteiger charge is -2.17. The molecule has 5 heteroatoms. The molecule has 1 unspecified atom stereocenters. The normalized spacial score (nSPS) is 11.8. The lowest BCUT2D eigenvalue weighted by atomic mass is 10.1. The summed E-state index contributed by atoms with van der Waals surface area (Å²) < 4.78 is 4.85. The van der Waals surface area contributed by atoms with E-state index in [0.29, 0.717) is 0 Å². The molecule has 2 aromatic rings. The minimum Gasteiger partial charge on any atom is -0.447 e. The van der Waals surface area contributed by atoms with Crippen LogP contribution in [0.25, 0.3) is 0 Å². The number of carbonyl (C=O) groups is 1. The van der Waals surface area contributed by atoms with Crippen molar-refractivity contribution in [2.45, 2.75) is 6.04 Å². The fraction of sp³-hybridized carbons (Fsp3) is 0.214. The Morgan fingerprint density at radius 1 is 1.26 bits per heavy atom. The minimum absolute atomic E-state index is 0.00220. The van der Waals surface area contributed by atoms with Gasteiger partial charge < -0.3 is 15.2 Å². The highest BCUT2D eigenvalue weighted by Crippen LogP contribution is 2.25. The van der Waals surface area contributed by atoms with E-state index in [1.165, 1.54) is 0 Å². The van der Waals surface area contributed by atoms with Crippen molar-refractivity contribution in [2.24, 2.45) is 0 Å². The summed E-state index contributed by atoms with van der Waals surface area (Å²) in [6.07, 6.45) is -0.531. The number of aliphatic hydroxyl groups is 1. The van der Waals surface area contributed by atoms with Gasteiger partial charge in [-0.25, -0.2) is 4.79 Å². The van der Waals surface area contributed by atoms with Crippen molar-refractivity contribution in [1.29, 1.82) is 0 Å². The Hall–Kier alpha value is -1.85. The molecule has 2 rings (SSSR count). The van der Waals surface area contributed by atoms with E-state index in [9.17, 15) is 4.79 Å². The second-order valence-electron chi connectivity index (χ2n) is 3.86. The molecule has 0 spiro atoms. The summed E-state index contributed by atoms with van der Waals surface area (Å²) >= 11 is 1.57. The van der Waals surface area contributed by atoms with E-state index < -0.39 is 6.09 Å². The largest absolute Gasteiger partial charge is 0.447 e. The fourth-order valence-electron chi connectivity index (χ4n) is 1.72. The van der Waals surface area contributed by atoms with Gasteiger partial charge in [-0.3, -0.25) is 0 Å². The van der Waals surface area contributed by atoms with Crippen molar-refractivity contribution in [3.8, 4) is 0 Å². The van der Waals surface area contributed by atoms with Crippen LogP contribution in [0.1, 0.15) is 16.5 Å². The summed E-state index contributed by atoms with van der Waals surface area (Å²) in [6, 6.07) is 13.4. The summed E-state index contributed by atoms with van der Waals surface area (Å²) in [5, 5.41) is 13.4. The quantitative estimate of drug-likeness (QED) is 0.883. The van der Waals surface area contributed by atoms with Crippen LogP contribution in [0.2, 0.25) is 0 Å². The van der Waals surface area contributed by atoms with Gasteiger partial charge in [0.2, 0.25) is 0 Å². The monoisotopic (exact) mass is 277 g/mol. The zero-order valence-electron chi connectivity index (χ0n) is 10.3. The Morgan fingerprint density at radius 2 is 2.05 bits per heavy atom. The third-order valence-corrected chi connectivity index (χ3v) is 3.48. The number of thiophene rings is 1. The van der Waals surface area contributed by atoms with Crippen molar-refractivity contribution >= 4 is 17.4 Å². The van der Waals surface area contributed by atoms with Crippen LogP contribution in [-0.2, 0) is 4.74 Å². The first-order chi connectivity index (χ1) is 9.31.